The van der Waals surface area contributed by atoms with Gasteiger partial charge in [0.1, 0.15) is 0 Å². The largest absolute Gasteiger partial charge is 0.494 e. The molecule has 0 aromatic heterocycles. The Bertz CT molecular complexity index is 604. The summed E-state index contributed by atoms with van der Waals surface area (Å²) in [5.41, 5.74) is 7.37. The zero-order valence-corrected chi connectivity index (χ0v) is 13.3. The molecule has 0 spiro atoms. The number of hydrogen-bond donors (Lipinski definition) is 1. The summed E-state index contributed by atoms with van der Waals surface area (Å²) in [7, 11) is 1.43. The van der Waals surface area contributed by atoms with Crippen molar-refractivity contribution in [2.75, 3.05) is 7.11 Å². The summed E-state index contributed by atoms with van der Waals surface area (Å²) in [5.74, 6) is -0.228. The van der Waals surface area contributed by atoms with E-state index in [1.54, 1.807) is 18.2 Å². The fourth-order valence-corrected chi connectivity index (χ4v) is 3.14. The molecule has 0 aliphatic heterocycles. The molecule has 0 aliphatic carbocycles. The highest BCUT2D eigenvalue weighted by Crippen LogP contribution is 2.32. The molecule has 2 nitrogen and oxygen atoms in total. The van der Waals surface area contributed by atoms with Crippen LogP contribution in [0, 0.1) is 5.82 Å². The van der Waals surface area contributed by atoms with E-state index in [4.69, 9.17) is 10.5 Å². The first-order valence-corrected chi connectivity index (χ1v) is 7.16. The first-order valence-electron chi connectivity index (χ1n) is 5.57. The standard InChI is InChI=1S/C14H12Br2FNO/c1-19-12-4-2-3-10(13(12)17)14(18)9-6-5-8(15)7-11(9)16/h2-7,14H,18H2,1H3. The van der Waals surface area contributed by atoms with Crippen LogP contribution in [0.4, 0.5) is 4.39 Å². The van der Waals surface area contributed by atoms with Gasteiger partial charge < -0.3 is 10.5 Å². The second-order valence-electron chi connectivity index (χ2n) is 4.01. The lowest BCUT2D eigenvalue weighted by Crippen LogP contribution is -2.14. The van der Waals surface area contributed by atoms with Crippen molar-refractivity contribution in [3.05, 3.63) is 62.3 Å². The van der Waals surface area contributed by atoms with Crippen molar-refractivity contribution in [3.63, 3.8) is 0 Å². The molecule has 0 radical (unpaired) electrons. The summed E-state index contributed by atoms with van der Waals surface area (Å²) in [6.07, 6.45) is 0. The molecule has 0 fully saturated rings. The second-order valence-corrected chi connectivity index (χ2v) is 5.78. The lowest BCUT2D eigenvalue weighted by Gasteiger charge is -2.16. The molecular formula is C14H12Br2FNO. The summed E-state index contributed by atoms with van der Waals surface area (Å²) < 4.78 is 20.9. The molecule has 2 aromatic rings. The van der Waals surface area contributed by atoms with Crippen molar-refractivity contribution in [1.82, 2.24) is 0 Å². The lowest BCUT2D eigenvalue weighted by atomic mass is 9.99. The number of rotatable bonds is 3. The van der Waals surface area contributed by atoms with Crippen LogP contribution in [-0.4, -0.2) is 7.11 Å². The van der Waals surface area contributed by atoms with E-state index >= 15 is 0 Å². The highest BCUT2D eigenvalue weighted by atomic mass is 79.9. The average Bonchev–Trinajstić information content (AvgIpc) is 2.38. The molecule has 5 heteroatoms. The molecule has 0 bridgehead atoms. The number of halogens is 3. The molecular weight excluding hydrogens is 377 g/mol. The van der Waals surface area contributed by atoms with Crippen molar-refractivity contribution in [3.8, 4) is 5.75 Å². The molecule has 0 amide bonds. The van der Waals surface area contributed by atoms with E-state index in [9.17, 15) is 4.39 Å². The molecule has 0 saturated carbocycles. The van der Waals surface area contributed by atoms with Gasteiger partial charge in [0.2, 0.25) is 0 Å². The number of nitrogens with two attached hydrogens (primary N) is 1. The van der Waals surface area contributed by atoms with Crippen LogP contribution in [0.5, 0.6) is 5.75 Å². The van der Waals surface area contributed by atoms with E-state index in [1.807, 2.05) is 18.2 Å². The molecule has 19 heavy (non-hydrogen) atoms. The van der Waals surface area contributed by atoms with Gasteiger partial charge >= 0.3 is 0 Å². The van der Waals surface area contributed by atoms with Crippen LogP contribution >= 0.6 is 31.9 Å². The van der Waals surface area contributed by atoms with E-state index in [-0.39, 0.29) is 5.75 Å². The number of benzene rings is 2. The van der Waals surface area contributed by atoms with Crippen LogP contribution in [-0.2, 0) is 0 Å². The molecule has 2 rings (SSSR count). The first-order chi connectivity index (χ1) is 9.04. The van der Waals surface area contributed by atoms with Gasteiger partial charge in [-0.15, -0.1) is 0 Å². The summed E-state index contributed by atoms with van der Waals surface area (Å²) >= 11 is 6.82. The van der Waals surface area contributed by atoms with Crippen molar-refractivity contribution >= 4 is 31.9 Å². The van der Waals surface area contributed by atoms with Crippen molar-refractivity contribution in [2.24, 2.45) is 5.73 Å². The monoisotopic (exact) mass is 387 g/mol. The molecule has 0 saturated heterocycles. The number of methoxy groups -OCH3 is 1. The fourth-order valence-electron chi connectivity index (χ4n) is 1.85. The van der Waals surface area contributed by atoms with Crippen molar-refractivity contribution in [2.45, 2.75) is 6.04 Å². The predicted molar refractivity (Wildman–Crippen MR) is 80.8 cm³/mol. The summed E-state index contributed by atoms with van der Waals surface area (Å²) in [6, 6.07) is 10.0. The van der Waals surface area contributed by atoms with Crippen LogP contribution in [0.15, 0.2) is 45.3 Å². The van der Waals surface area contributed by atoms with Gasteiger partial charge in [0.25, 0.3) is 0 Å². The van der Waals surface area contributed by atoms with Gasteiger partial charge in [0.05, 0.1) is 13.2 Å². The SMILES string of the molecule is COc1cccc(C(N)c2ccc(Br)cc2Br)c1F. The molecule has 1 atom stereocenters. The van der Waals surface area contributed by atoms with E-state index in [0.29, 0.717) is 5.56 Å². The minimum absolute atomic E-state index is 0.196. The number of ether oxygens (including phenoxy) is 1. The normalized spacial score (nSPS) is 12.3. The fraction of sp³-hybridized carbons (Fsp3) is 0.143. The Morgan fingerprint density at radius 1 is 1.16 bits per heavy atom. The van der Waals surface area contributed by atoms with Crippen LogP contribution in [0.2, 0.25) is 0 Å². The van der Waals surface area contributed by atoms with E-state index in [2.05, 4.69) is 31.9 Å². The van der Waals surface area contributed by atoms with Crippen molar-refractivity contribution < 1.29 is 9.13 Å². The third kappa shape index (κ3) is 2.99. The first kappa shape index (κ1) is 14.5. The zero-order chi connectivity index (χ0) is 14.0. The quantitative estimate of drug-likeness (QED) is 0.845. The highest BCUT2D eigenvalue weighted by Gasteiger charge is 2.18. The third-order valence-corrected chi connectivity index (χ3v) is 4.03. The lowest BCUT2D eigenvalue weighted by molar-refractivity contribution is 0.383. The summed E-state index contributed by atoms with van der Waals surface area (Å²) in [4.78, 5) is 0. The average molecular weight is 389 g/mol. The summed E-state index contributed by atoms with van der Waals surface area (Å²) in [5, 5.41) is 0. The Morgan fingerprint density at radius 3 is 2.53 bits per heavy atom. The summed E-state index contributed by atoms with van der Waals surface area (Å²) in [6.45, 7) is 0. The van der Waals surface area contributed by atoms with Crippen molar-refractivity contribution in [1.29, 1.82) is 0 Å². The Kier molecular flexibility index (Phi) is 4.60. The maximum absolute atomic E-state index is 14.2. The van der Waals surface area contributed by atoms with Gasteiger partial charge in [0.15, 0.2) is 11.6 Å². The van der Waals surface area contributed by atoms with Crippen LogP contribution in [0.1, 0.15) is 17.2 Å². The molecule has 0 heterocycles. The van der Waals surface area contributed by atoms with Gasteiger partial charge in [-0.3, -0.25) is 0 Å². The molecule has 2 N–H and O–H groups in total. The van der Waals surface area contributed by atoms with E-state index in [1.165, 1.54) is 7.11 Å². The highest BCUT2D eigenvalue weighted by molar-refractivity contribution is 9.11. The maximum atomic E-state index is 14.2. The van der Waals surface area contributed by atoms with Gasteiger partial charge in [-0.1, -0.05) is 50.1 Å². The minimum atomic E-state index is -0.558. The maximum Gasteiger partial charge on any atom is 0.170 e. The Morgan fingerprint density at radius 2 is 1.89 bits per heavy atom. The van der Waals surface area contributed by atoms with Crippen LogP contribution < -0.4 is 10.5 Å². The predicted octanol–water partition coefficient (Wildman–Crippen LogP) is 4.41. The van der Waals surface area contributed by atoms with E-state index < -0.39 is 11.9 Å². The van der Waals surface area contributed by atoms with E-state index in [0.717, 1.165) is 14.5 Å². The van der Waals surface area contributed by atoms with Gasteiger partial charge in [-0.05, 0) is 23.8 Å². The Hall–Kier alpha value is -0.910. The minimum Gasteiger partial charge on any atom is -0.494 e. The van der Waals surface area contributed by atoms with Gasteiger partial charge in [0, 0.05) is 14.5 Å². The Balaban J connectivity index is 2.47. The molecule has 100 valence electrons. The smallest absolute Gasteiger partial charge is 0.170 e. The van der Waals surface area contributed by atoms with Crippen LogP contribution in [0.3, 0.4) is 0 Å². The molecule has 1 unspecified atom stereocenters. The third-order valence-electron chi connectivity index (χ3n) is 2.85. The van der Waals surface area contributed by atoms with Crippen LogP contribution in [0.25, 0.3) is 0 Å². The second kappa shape index (κ2) is 6.03. The Labute approximate surface area is 128 Å². The topological polar surface area (TPSA) is 35.2 Å². The van der Waals surface area contributed by atoms with Gasteiger partial charge in [-0.2, -0.15) is 0 Å². The molecule has 2 aromatic carbocycles. The van der Waals surface area contributed by atoms with Gasteiger partial charge in [-0.25, -0.2) is 4.39 Å². The zero-order valence-electron chi connectivity index (χ0n) is 10.2. The molecule has 0 aliphatic rings. The number of hydrogen-bond acceptors (Lipinski definition) is 2.